The molecule has 0 saturated heterocycles. The van der Waals surface area contributed by atoms with Gasteiger partial charge in [0.2, 0.25) is 5.89 Å². The molecule has 0 unspecified atom stereocenters. The molecule has 1 heterocycles. The minimum atomic E-state index is -0.460. The summed E-state index contributed by atoms with van der Waals surface area (Å²) in [7, 11) is 1.59. The fourth-order valence-corrected chi connectivity index (χ4v) is 2.27. The predicted molar refractivity (Wildman–Crippen MR) is 87.0 cm³/mol. The first-order valence-electron chi connectivity index (χ1n) is 6.59. The van der Waals surface area contributed by atoms with Crippen LogP contribution in [0.4, 0.5) is 0 Å². The molecule has 0 bridgehead atoms. The van der Waals surface area contributed by atoms with E-state index in [1.165, 1.54) is 0 Å². The highest BCUT2D eigenvalue weighted by molar-refractivity contribution is 6.50. The summed E-state index contributed by atoms with van der Waals surface area (Å²) in [5, 5.41) is 0.674. The summed E-state index contributed by atoms with van der Waals surface area (Å²) < 4.78 is 10.3. The maximum absolute atomic E-state index is 11.9. The van der Waals surface area contributed by atoms with Crippen LogP contribution in [0.3, 0.4) is 0 Å². The summed E-state index contributed by atoms with van der Waals surface area (Å²) in [5.74, 6) is 0.805. The highest BCUT2D eigenvalue weighted by Gasteiger charge is 2.09. The lowest BCUT2D eigenvalue weighted by molar-refractivity contribution is 0.414. The van der Waals surface area contributed by atoms with Crippen LogP contribution in [-0.4, -0.2) is 12.1 Å². The van der Waals surface area contributed by atoms with E-state index in [4.69, 9.17) is 20.8 Å². The summed E-state index contributed by atoms with van der Waals surface area (Å²) in [5.41, 5.74) is 0.908. The molecule has 0 radical (unpaired) electrons. The van der Waals surface area contributed by atoms with Crippen LogP contribution in [0.5, 0.6) is 5.75 Å². The van der Waals surface area contributed by atoms with Gasteiger partial charge in [0.15, 0.2) is 0 Å². The van der Waals surface area contributed by atoms with Crippen molar-refractivity contribution in [2.75, 3.05) is 7.11 Å². The highest BCUT2D eigenvalue weighted by Crippen LogP contribution is 2.23. The van der Waals surface area contributed by atoms with E-state index in [9.17, 15) is 4.79 Å². The van der Waals surface area contributed by atoms with Gasteiger partial charge >= 0.3 is 5.63 Å². The van der Waals surface area contributed by atoms with E-state index in [0.29, 0.717) is 16.7 Å². The lowest BCUT2D eigenvalue weighted by Gasteiger charge is -2.02. The Balaban J connectivity index is 2.06. The second-order valence-electron chi connectivity index (χ2n) is 4.59. The van der Waals surface area contributed by atoms with Gasteiger partial charge in [-0.2, -0.15) is 0 Å². The van der Waals surface area contributed by atoms with Crippen molar-refractivity contribution in [2.24, 2.45) is 0 Å². The molecule has 3 rings (SSSR count). The van der Waals surface area contributed by atoms with Gasteiger partial charge in [0.1, 0.15) is 10.8 Å². The number of benzene rings is 2. The van der Waals surface area contributed by atoms with E-state index in [1.807, 2.05) is 24.3 Å². The SMILES string of the molecule is COc1cccc(/C=C(\Cl)c2nc3ccccc3c(=O)o2)c1. The number of para-hydroxylation sites is 1. The molecule has 2 aromatic carbocycles. The maximum Gasteiger partial charge on any atom is 0.347 e. The topological polar surface area (TPSA) is 52.3 Å². The molecule has 3 aromatic rings. The normalized spacial score (nSPS) is 11.6. The molecule has 22 heavy (non-hydrogen) atoms. The van der Waals surface area contributed by atoms with Crippen LogP contribution in [0.25, 0.3) is 22.0 Å². The molecule has 0 aliphatic carbocycles. The molecule has 0 atom stereocenters. The predicted octanol–water partition coefficient (Wildman–Crippen LogP) is 3.93. The lowest BCUT2D eigenvalue weighted by Crippen LogP contribution is -2.03. The second-order valence-corrected chi connectivity index (χ2v) is 5.00. The van der Waals surface area contributed by atoms with E-state index in [2.05, 4.69) is 4.98 Å². The molecule has 0 fully saturated rings. The second kappa shape index (κ2) is 6.03. The van der Waals surface area contributed by atoms with Crippen LogP contribution >= 0.6 is 11.6 Å². The average Bonchev–Trinajstić information content (AvgIpc) is 2.55. The Bertz CT molecular complexity index is 915. The molecule has 5 heteroatoms. The number of hydrogen-bond acceptors (Lipinski definition) is 4. The van der Waals surface area contributed by atoms with Gasteiger partial charge in [-0.05, 0) is 35.9 Å². The van der Waals surface area contributed by atoms with Gasteiger partial charge in [0, 0.05) is 0 Å². The number of nitrogens with zero attached hydrogens (tertiary/aromatic N) is 1. The third-order valence-corrected chi connectivity index (χ3v) is 3.40. The van der Waals surface area contributed by atoms with Crippen molar-refractivity contribution in [1.29, 1.82) is 0 Å². The Morgan fingerprint density at radius 1 is 1.23 bits per heavy atom. The molecule has 0 aliphatic rings. The first kappa shape index (κ1) is 14.4. The average molecular weight is 314 g/mol. The van der Waals surface area contributed by atoms with E-state index in [-0.39, 0.29) is 10.9 Å². The van der Waals surface area contributed by atoms with Gasteiger partial charge < -0.3 is 9.15 Å². The molecule has 0 spiro atoms. The van der Waals surface area contributed by atoms with Gasteiger partial charge in [-0.25, -0.2) is 9.78 Å². The van der Waals surface area contributed by atoms with Crippen LogP contribution in [0, 0.1) is 0 Å². The smallest absolute Gasteiger partial charge is 0.347 e. The van der Waals surface area contributed by atoms with Gasteiger partial charge in [-0.1, -0.05) is 35.9 Å². The molecular weight excluding hydrogens is 302 g/mol. The summed E-state index contributed by atoms with van der Waals surface area (Å²) in [6.45, 7) is 0. The Labute approximate surface area is 131 Å². The van der Waals surface area contributed by atoms with Gasteiger partial charge in [-0.15, -0.1) is 0 Å². The number of rotatable bonds is 3. The zero-order valence-corrected chi connectivity index (χ0v) is 12.5. The minimum absolute atomic E-state index is 0.0909. The number of methoxy groups -OCH3 is 1. The summed E-state index contributed by atoms with van der Waals surface area (Å²) in [6, 6.07) is 14.3. The van der Waals surface area contributed by atoms with Crippen LogP contribution in [-0.2, 0) is 0 Å². The Morgan fingerprint density at radius 2 is 2.05 bits per heavy atom. The van der Waals surface area contributed by atoms with Crippen molar-refractivity contribution in [2.45, 2.75) is 0 Å². The number of halogens is 1. The van der Waals surface area contributed by atoms with Crippen molar-refractivity contribution < 1.29 is 9.15 Å². The van der Waals surface area contributed by atoms with Crippen molar-refractivity contribution in [3.8, 4) is 5.75 Å². The van der Waals surface area contributed by atoms with E-state index in [1.54, 1.807) is 37.5 Å². The number of fused-ring (bicyclic) bond motifs is 1. The molecule has 0 amide bonds. The summed E-state index contributed by atoms with van der Waals surface area (Å²) in [4.78, 5) is 16.2. The monoisotopic (exact) mass is 313 g/mol. The van der Waals surface area contributed by atoms with Crippen LogP contribution in [0.1, 0.15) is 11.5 Å². The van der Waals surface area contributed by atoms with E-state index < -0.39 is 5.63 Å². The first-order chi connectivity index (χ1) is 10.7. The van der Waals surface area contributed by atoms with E-state index in [0.717, 1.165) is 5.56 Å². The fourth-order valence-electron chi connectivity index (χ4n) is 2.06. The van der Waals surface area contributed by atoms with Crippen molar-refractivity contribution in [3.05, 3.63) is 70.4 Å². The van der Waals surface area contributed by atoms with Crippen LogP contribution in [0.2, 0.25) is 0 Å². The van der Waals surface area contributed by atoms with Gasteiger partial charge in [-0.3, -0.25) is 0 Å². The zero-order chi connectivity index (χ0) is 15.5. The minimum Gasteiger partial charge on any atom is -0.497 e. The fraction of sp³-hybridized carbons (Fsp3) is 0.0588. The number of ether oxygens (including phenoxy) is 1. The standard InChI is InChI=1S/C17H12ClNO3/c1-21-12-6-4-5-11(9-12)10-14(18)16-19-15-8-3-2-7-13(15)17(20)22-16/h2-10H,1H3/b14-10-. The number of hydrogen-bond donors (Lipinski definition) is 0. The Kier molecular flexibility index (Phi) is 3.94. The van der Waals surface area contributed by atoms with Gasteiger partial charge in [0.05, 0.1) is 18.0 Å². The molecule has 0 saturated carbocycles. The molecular formula is C17H12ClNO3. The third-order valence-electron chi connectivity index (χ3n) is 3.13. The summed E-state index contributed by atoms with van der Waals surface area (Å²) >= 11 is 6.23. The Hall–Kier alpha value is -2.59. The van der Waals surface area contributed by atoms with Crippen LogP contribution in [0.15, 0.2) is 57.7 Å². The van der Waals surface area contributed by atoms with Crippen molar-refractivity contribution in [3.63, 3.8) is 0 Å². The summed E-state index contributed by atoms with van der Waals surface area (Å²) in [6.07, 6.45) is 1.67. The first-order valence-corrected chi connectivity index (χ1v) is 6.96. The number of aromatic nitrogens is 1. The lowest BCUT2D eigenvalue weighted by atomic mass is 10.2. The van der Waals surface area contributed by atoms with E-state index >= 15 is 0 Å². The quantitative estimate of drug-likeness (QED) is 0.735. The molecule has 110 valence electrons. The van der Waals surface area contributed by atoms with Crippen LogP contribution < -0.4 is 10.4 Å². The highest BCUT2D eigenvalue weighted by atomic mass is 35.5. The zero-order valence-electron chi connectivity index (χ0n) is 11.7. The molecule has 0 aliphatic heterocycles. The third kappa shape index (κ3) is 2.87. The maximum atomic E-state index is 11.9. The molecule has 4 nitrogen and oxygen atoms in total. The Morgan fingerprint density at radius 3 is 2.86 bits per heavy atom. The molecule has 0 N–H and O–H groups in total. The van der Waals surface area contributed by atoms with Crippen molar-refractivity contribution >= 4 is 33.6 Å². The molecule has 1 aromatic heterocycles. The van der Waals surface area contributed by atoms with Gasteiger partial charge in [0.25, 0.3) is 0 Å². The largest absolute Gasteiger partial charge is 0.497 e. The van der Waals surface area contributed by atoms with Crippen molar-refractivity contribution in [1.82, 2.24) is 4.98 Å².